The van der Waals surface area contributed by atoms with Gasteiger partial charge in [0.25, 0.3) is 11.8 Å². The molecule has 0 radical (unpaired) electrons. The number of anilines is 1. The van der Waals surface area contributed by atoms with E-state index in [0.717, 1.165) is 16.6 Å². The molecule has 1 fully saturated rings. The third-order valence-corrected chi connectivity index (χ3v) is 4.19. The summed E-state index contributed by atoms with van der Waals surface area (Å²) in [6.07, 6.45) is 1.50. The van der Waals surface area contributed by atoms with Crippen LogP contribution in [0.1, 0.15) is 11.1 Å². The second-order valence-electron chi connectivity index (χ2n) is 5.41. The number of nitrogens with one attached hydrogen (secondary N) is 1. The minimum absolute atomic E-state index is 0.0307. The number of nitrogens with zero attached hydrogens (tertiary/aromatic N) is 1. The van der Waals surface area contributed by atoms with Crippen molar-refractivity contribution in [2.75, 3.05) is 12.1 Å². The molecule has 128 valence electrons. The first kappa shape index (κ1) is 17.0. The molecular weight excluding hydrogens is 347 g/mol. The van der Waals surface area contributed by atoms with Crippen molar-refractivity contribution in [1.29, 1.82) is 0 Å². The maximum absolute atomic E-state index is 13.3. The summed E-state index contributed by atoms with van der Waals surface area (Å²) in [6.45, 7) is 1.83. The van der Waals surface area contributed by atoms with Crippen molar-refractivity contribution in [2.45, 2.75) is 6.92 Å². The third kappa shape index (κ3) is 3.08. The maximum atomic E-state index is 13.3. The van der Waals surface area contributed by atoms with Crippen molar-refractivity contribution in [3.63, 3.8) is 0 Å². The Kier molecular flexibility index (Phi) is 4.46. The summed E-state index contributed by atoms with van der Waals surface area (Å²) in [4.78, 5) is 24.8. The molecular formula is C18H14ClFN2O3. The van der Waals surface area contributed by atoms with E-state index in [4.69, 9.17) is 16.3 Å². The summed E-state index contributed by atoms with van der Waals surface area (Å²) < 4.78 is 18.5. The zero-order valence-corrected chi connectivity index (χ0v) is 14.2. The topological polar surface area (TPSA) is 58.6 Å². The molecule has 0 unspecified atom stereocenters. The van der Waals surface area contributed by atoms with Gasteiger partial charge in [0.2, 0.25) is 0 Å². The molecule has 2 aromatic rings. The van der Waals surface area contributed by atoms with Gasteiger partial charge in [0.05, 0.1) is 17.8 Å². The lowest BCUT2D eigenvalue weighted by atomic mass is 10.0. The van der Waals surface area contributed by atoms with Gasteiger partial charge in [0, 0.05) is 0 Å². The Hall–Kier alpha value is -2.86. The van der Waals surface area contributed by atoms with Crippen LogP contribution in [0.15, 0.2) is 42.0 Å². The molecule has 1 heterocycles. The quantitative estimate of drug-likeness (QED) is 0.675. The Morgan fingerprint density at radius 2 is 2.00 bits per heavy atom. The van der Waals surface area contributed by atoms with Gasteiger partial charge in [-0.3, -0.25) is 15.0 Å². The maximum Gasteiger partial charge on any atom is 0.282 e. The van der Waals surface area contributed by atoms with Crippen LogP contribution in [-0.2, 0) is 9.59 Å². The second-order valence-corrected chi connectivity index (χ2v) is 5.82. The van der Waals surface area contributed by atoms with E-state index in [1.165, 1.54) is 18.2 Å². The number of hydrogen-bond acceptors (Lipinski definition) is 3. The van der Waals surface area contributed by atoms with Crippen LogP contribution in [0.3, 0.4) is 0 Å². The molecule has 25 heavy (non-hydrogen) atoms. The first-order valence-electron chi connectivity index (χ1n) is 7.38. The highest BCUT2D eigenvalue weighted by atomic mass is 35.5. The van der Waals surface area contributed by atoms with E-state index in [1.54, 1.807) is 25.3 Å². The highest BCUT2D eigenvalue weighted by molar-refractivity contribution is 6.33. The monoisotopic (exact) mass is 360 g/mol. The summed E-state index contributed by atoms with van der Waals surface area (Å²) >= 11 is 5.74. The SMILES string of the molecule is COc1cccc(/C=C2\C(=O)NN(c3ccc(F)c(Cl)c3)C2=O)c1C. The van der Waals surface area contributed by atoms with Crippen molar-refractivity contribution in [3.8, 4) is 5.75 Å². The number of hydrogen-bond donors (Lipinski definition) is 1. The number of carbonyl (C=O) groups excluding carboxylic acids is 2. The molecule has 0 saturated carbocycles. The predicted octanol–water partition coefficient (Wildman–Crippen LogP) is 3.26. The number of benzene rings is 2. The van der Waals surface area contributed by atoms with E-state index in [-0.39, 0.29) is 16.3 Å². The molecule has 2 aromatic carbocycles. The van der Waals surface area contributed by atoms with Gasteiger partial charge in [0.15, 0.2) is 0 Å². The van der Waals surface area contributed by atoms with Crippen LogP contribution in [0.25, 0.3) is 6.08 Å². The molecule has 1 N–H and O–H groups in total. The third-order valence-electron chi connectivity index (χ3n) is 3.90. The van der Waals surface area contributed by atoms with E-state index >= 15 is 0 Å². The van der Waals surface area contributed by atoms with Gasteiger partial charge in [-0.2, -0.15) is 0 Å². The normalized spacial score (nSPS) is 15.7. The van der Waals surface area contributed by atoms with Gasteiger partial charge in [-0.25, -0.2) is 9.40 Å². The summed E-state index contributed by atoms with van der Waals surface area (Å²) in [6, 6.07) is 9.11. The van der Waals surface area contributed by atoms with Crippen LogP contribution in [0.4, 0.5) is 10.1 Å². The predicted molar refractivity (Wildman–Crippen MR) is 92.7 cm³/mol. The highest BCUT2D eigenvalue weighted by Crippen LogP contribution is 2.27. The van der Waals surface area contributed by atoms with Crippen molar-refractivity contribution < 1.29 is 18.7 Å². The Labute approximate surface area is 148 Å². The summed E-state index contributed by atoms with van der Waals surface area (Å²) in [5.74, 6) is -1.05. The standard InChI is InChI=1S/C18H14ClFN2O3/c1-10-11(4-3-5-16(10)25-2)8-13-17(23)21-22(18(13)24)12-6-7-15(20)14(19)9-12/h3-9H,1-2H3,(H,21,23)/b13-8+. The lowest BCUT2D eigenvalue weighted by Crippen LogP contribution is -2.35. The van der Waals surface area contributed by atoms with E-state index < -0.39 is 17.6 Å². The Balaban J connectivity index is 1.98. The zero-order valence-electron chi connectivity index (χ0n) is 13.5. The molecule has 3 rings (SSSR count). The molecule has 2 amide bonds. The summed E-state index contributed by atoms with van der Waals surface area (Å²) in [5.41, 5.74) is 4.19. The first-order chi connectivity index (χ1) is 11.9. The highest BCUT2D eigenvalue weighted by Gasteiger charge is 2.34. The van der Waals surface area contributed by atoms with Crippen LogP contribution < -0.4 is 15.2 Å². The Morgan fingerprint density at radius 3 is 2.68 bits per heavy atom. The van der Waals surface area contributed by atoms with Crippen LogP contribution >= 0.6 is 11.6 Å². The molecule has 1 aliphatic rings. The van der Waals surface area contributed by atoms with Gasteiger partial charge in [-0.1, -0.05) is 23.7 Å². The van der Waals surface area contributed by atoms with Gasteiger partial charge < -0.3 is 4.74 Å². The van der Waals surface area contributed by atoms with Crippen LogP contribution in [0.5, 0.6) is 5.75 Å². The first-order valence-corrected chi connectivity index (χ1v) is 7.76. The fraction of sp³-hybridized carbons (Fsp3) is 0.111. The Morgan fingerprint density at radius 1 is 1.24 bits per heavy atom. The summed E-state index contributed by atoms with van der Waals surface area (Å²) in [7, 11) is 1.55. The number of methoxy groups -OCH3 is 1. The van der Waals surface area contributed by atoms with E-state index in [0.29, 0.717) is 11.3 Å². The molecule has 0 bridgehead atoms. The minimum Gasteiger partial charge on any atom is -0.496 e. The molecule has 0 spiro atoms. The Bertz CT molecular complexity index is 911. The smallest absolute Gasteiger partial charge is 0.282 e. The molecule has 7 heteroatoms. The molecule has 5 nitrogen and oxygen atoms in total. The molecule has 0 aliphatic carbocycles. The summed E-state index contributed by atoms with van der Waals surface area (Å²) in [5, 5.41) is 0.898. The van der Waals surface area contributed by atoms with Crippen LogP contribution in [0.2, 0.25) is 5.02 Å². The van der Waals surface area contributed by atoms with Crippen LogP contribution in [0, 0.1) is 12.7 Å². The van der Waals surface area contributed by atoms with Crippen LogP contribution in [-0.4, -0.2) is 18.9 Å². The van der Waals surface area contributed by atoms with Gasteiger partial charge in [0.1, 0.15) is 17.1 Å². The number of halogens is 2. The number of rotatable bonds is 3. The van der Waals surface area contributed by atoms with E-state index in [9.17, 15) is 14.0 Å². The van der Waals surface area contributed by atoms with Crippen molar-refractivity contribution in [2.24, 2.45) is 0 Å². The molecule has 0 aromatic heterocycles. The molecule has 1 saturated heterocycles. The van der Waals surface area contributed by atoms with Gasteiger partial charge >= 0.3 is 0 Å². The largest absolute Gasteiger partial charge is 0.496 e. The van der Waals surface area contributed by atoms with Crippen molar-refractivity contribution in [1.82, 2.24) is 5.43 Å². The number of carbonyl (C=O) groups is 2. The van der Waals surface area contributed by atoms with E-state index in [1.807, 2.05) is 6.92 Å². The van der Waals surface area contributed by atoms with Crippen molar-refractivity contribution >= 4 is 35.2 Å². The van der Waals surface area contributed by atoms with E-state index in [2.05, 4.69) is 5.43 Å². The lowest BCUT2D eigenvalue weighted by Gasteiger charge is -2.14. The van der Waals surface area contributed by atoms with Gasteiger partial charge in [-0.05, 0) is 48.4 Å². The average Bonchev–Trinajstić information content (AvgIpc) is 2.87. The average molecular weight is 361 g/mol. The lowest BCUT2D eigenvalue weighted by molar-refractivity contribution is -0.117. The fourth-order valence-corrected chi connectivity index (χ4v) is 2.70. The number of hydrazine groups is 1. The molecule has 1 aliphatic heterocycles. The van der Waals surface area contributed by atoms with Gasteiger partial charge in [-0.15, -0.1) is 0 Å². The second kappa shape index (κ2) is 6.57. The minimum atomic E-state index is -0.605. The molecule has 0 atom stereocenters. The number of ether oxygens (including phenoxy) is 1. The number of amides is 2. The zero-order chi connectivity index (χ0) is 18.1. The fourth-order valence-electron chi connectivity index (χ4n) is 2.53. The van der Waals surface area contributed by atoms with Crippen molar-refractivity contribution in [3.05, 3.63) is 63.9 Å².